The molecular formula is C14H16N2O4S. The van der Waals surface area contributed by atoms with Gasteiger partial charge in [0.15, 0.2) is 5.13 Å². The van der Waals surface area contributed by atoms with Crippen LogP contribution in [0.25, 0.3) is 10.2 Å². The van der Waals surface area contributed by atoms with Crippen LogP contribution in [0.1, 0.15) is 31.1 Å². The summed E-state index contributed by atoms with van der Waals surface area (Å²) in [5.74, 6) is -0.410. The van der Waals surface area contributed by atoms with Crippen LogP contribution in [0.5, 0.6) is 0 Å². The lowest BCUT2D eigenvalue weighted by molar-refractivity contribution is 0.0598. The number of anilines is 1. The van der Waals surface area contributed by atoms with E-state index in [0.29, 0.717) is 16.2 Å². The summed E-state index contributed by atoms with van der Waals surface area (Å²) in [6.07, 6.45) is -0.560. The number of carbonyl (C=O) groups is 2. The SMILES string of the molecule is COC(=O)c1ccc2nc(NC(=O)OC(C)(C)C)sc2c1. The van der Waals surface area contributed by atoms with Crippen LogP contribution >= 0.6 is 11.3 Å². The van der Waals surface area contributed by atoms with Crippen LogP contribution in [0.15, 0.2) is 18.2 Å². The molecule has 21 heavy (non-hydrogen) atoms. The van der Waals surface area contributed by atoms with Crippen molar-refractivity contribution in [2.45, 2.75) is 26.4 Å². The molecule has 0 saturated heterocycles. The molecule has 1 amide bonds. The number of amides is 1. The predicted molar refractivity (Wildman–Crippen MR) is 80.8 cm³/mol. The molecule has 2 aromatic rings. The fourth-order valence-electron chi connectivity index (χ4n) is 1.61. The van der Waals surface area contributed by atoms with Crippen LogP contribution in [0.3, 0.4) is 0 Å². The number of methoxy groups -OCH3 is 1. The number of carbonyl (C=O) groups excluding carboxylic acids is 2. The van der Waals surface area contributed by atoms with E-state index in [1.807, 2.05) is 0 Å². The van der Waals surface area contributed by atoms with Gasteiger partial charge in [0.2, 0.25) is 0 Å². The average molecular weight is 308 g/mol. The minimum Gasteiger partial charge on any atom is -0.465 e. The molecule has 0 fully saturated rings. The first kappa shape index (κ1) is 15.2. The van der Waals surface area contributed by atoms with Crippen molar-refractivity contribution in [3.8, 4) is 0 Å². The monoisotopic (exact) mass is 308 g/mol. The van der Waals surface area contributed by atoms with E-state index in [9.17, 15) is 9.59 Å². The molecule has 1 aromatic heterocycles. The molecule has 6 nitrogen and oxygen atoms in total. The molecule has 0 bridgehead atoms. The van der Waals surface area contributed by atoms with Crippen LogP contribution in [-0.4, -0.2) is 29.8 Å². The van der Waals surface area contributed by atoms with E-state index < -0.39 is 17.7 Å². The van der Waals surface area contributed by atoms with Crippen LogP contribution in [0.4, 0.5) is 9.93 Å². The number of hydrogen-bond donors (Lipinski definition) is 1. The second-order valence-corrected chi connectivity index (χ2v) is 6.35. The number of ether oxygens (including phenoxy) is 2. The number of benzene rings is 1. The van der Waals surface area contributed by atoms with Gasteiger partial charge >= 0.3 is 12.1 Å². The van der Waals surface area contributed by atoms with Gasteiger partial charge in [0, 0.05) is 0 Å². The van der Waals surface area contributed by atoms with Crippen LogP contribution in [0.2, 0.25) is 0 Å². The fourth-order valence-corrected chi connectivity index (χ4v) is 2.50. The van der Waals surface area contributed by atoms with Crippen LogP contribution < -0.4 is 5.32 Å². The van der Waals surface area contributed by atoms with Crippen molar-refractivity contribution in [3.05, 3.63) is 23.8 Å². The molecule has 0 aliphatic heterocycles. The van der Waals surface area contributed by atoms with E-state index in [4.69, 9.17) is 4.74 Å². The molecule has 0 atom stereocenters. The zero-order valence-corrected chi connectivity index (χ0v) is 13.0. The smallest absolute Gasteiger partial charge is 0.413 e. The number of nitrogens with zero attached hydrogens (tertiary/aromatic N) is 1. The maximum absolute atomic E-state index is 11.7. The maximum Gasteiger partial charge on any atom is 0.413 e. The molecule has 7 heteroatoms. The van der Waals surface area contributed by atoms with E-state index in [1.165, 1.54) is 18.4 Å². The standard InChI is InChI=1S/C14H16N2O4S/c1-14(2,3)20-13(18)16-12-15-9-6-5-8(11(17)19-4)7-10(9)21-12/h5-7H,1-4H3,(H,15,16,18). The van der Waals surface area contributed by atoms with E-state index in [0.717, 1.165) is 4.70 Å². The van der Waals surface area contributed by atoms with Gasteiger partial charge in [-0.15, -0.1) is 0 Å². The highest BCUT2D eigenvalue weighted by Crippen LogP contribution is 2.27. The number of rotatable bonds is 2. The van der Waals surface area contributed by atoms with Gasteiger partial charge < -0.3 is 9.47 Å². The van der Waals surface area contributed by atoms with Crippen molar-refractivity contribution in [1.82, 2.24) is 4.98 Å². The Balaban J connectivity index is 2.19. The van der Waals surface area contributed by atoms with Crippen molar-refractivity contribution in [1.29, 1.82) is 0 Å². The Morgan fingerprint density at radius 3 is 2.62 bits per heavy atom. The van der Waals surface area contributed by atoms with Gasteiger partial charge in [0.05, 0.1) is 22.9 Å². The fraction of sp³-hybridized carbons (Fsp3) is 0.357. The second kappa shape index (κ2) is 5.69. The predicted octanol–water partition coefficient (Wildman–Crippen LogP) is 3.43. The average Bonchev–Trinajstić information content (AvgIpc) is 2.76. The minimum atomic E-state index is -0.571. The van der Waals surface area contributed by atoms with Crippen LogP contribution in [-0.2, 0) is 9.47 Å². The lowest BCUT2D eigenvalue weighted by Crippen LogP contribution is -2.27. The van der Waals surface area contributed by atoms with E-state index in [-0.39, 0.29) is 0 Å². The summed E-state index contributed by atoms with van der Waals surface area (Å²) >= 11 is 1.26. The molecule has 0 saturated carbocycles. The summed E-state index contributed by atoms with van der Waals surface area (Å²) < 4.78 is 10.6. The molecule has 0 radical (unpaired) electrons. The topological polar surface area (TPSA) is 77.5 Å². The van der Waals surface area contributed by atoms with Gasteiger partial charge in [-0.1, -0.05) is 11.3 Å². The lowest BCUT2D eigenvalue weighted by atomic mass is 10.2. The molecule has 2 rings (SSSR count). The highest BCUT2D eigenvalue weighted by atomic mass is 32.1. The molecule has 1 aromatic carbocycles. The molecule has 112 valence electrons. The quantitative estimate of drug-likeness (QED) is 0.860. The molecule has 0 unspecified atom stereocenters. The Hall–Kier alpha value is -2.15. The van der Waals surface area contributed by atoms with Gasteiger partial charge in [-0.25, -0.2) is 14.6 Å². The Labute approximate surface area is 126 Å². The van der Waals surface area contributed by atoms with Gasteiger partial charge in [0.25, 0.3) is 0 Å². The van der Waals surface area contributed by atoms with Gasteiger partial charge in [0.1, 0.15) is 5.60 Å². The number of esters is 1. The van der Waals surface area contributed by atoms with Gasteiger partial charge in [-0.2, -0.15) is 0 Å². The summed E-state index contributed by atoms with van der Waals surface area (Å²) in [4.78, 5) is 27.4. The van der Waals surface area contributed by atoms with Gasteiger partial charge in [-0.3, -0.25) is 5.32 Å². The number of thiazole rings is 1. The Morgan fingerprint density at radius 2 is 2.00 bits per heavy atom. The van der Waals surface area contributed by atoms with E-state index in [2.05, 4.69) is 15.0 Å². The third-order valence-corrected chi connectivity index (χ3v) is 3.35. The highest BCUT2D eigenvalue weighted by Gasteiger charge is 2.17. The third kappa shape index (κ3) is 3.91. The molecule has 0 aliphatic rings. The van der Waals surface area contributed by atoms with Crippen molar-refractivity contribution in [2.24, 2.45) is 0 Å². The van der Waals surface area contributed by atoms with Crippen LogP contribution in [0, 0.1) is 0 Å². The second-order valence-electron chi connectivity index (χ2n) is 5.32. The summed E-state index contributed by atoms with van der Waals surface area (Å²) in [6.45, 7) is 5.36. The van der Waals surface area contributed by atoms with Crippen molar-refractivity contribution < 1.29 is 19.1 Å². The number of fused-ring (bicyclic) bond motifs is 1. The molecule has 1 heterocycles. The minimum absolute atomic E-state index is 0.410. The first-order valence-corrected chi connectivity index (χ1v) is 7.09. The number of aromatic nitrogens is 1. The summed E-state index contributed by atoms with van der Waals surface area (Å²) in [5, 5.41) is 3.00. The first-order valence-electron chi connectivity index (χ1n) is 6.27. The van der Waals surface area contributed by atoms with Crippen molar-refractivity contribution in [2.75, 3.05) is 12.4 Å². The summed E-state index contributed by atoms with van der Waals surface area (Å²) in [7, 11) is 1.33. The molecule has 0 spiro atoms. The normalized spacial score (nSPS) is 11.2. The van der Waals surface area contributed by atoms with Crippen molar-refractivity contribution >= 4 is 38.7 Å². The Bertz CT molecular complexity index is 688. The molecule has 0 aliphatic carbocycles. The van der Waals surface area contributed by atoms with Crippen molar-refractivity contribution in [3.63, 3.8) is 0 Å². The Morgan fingerprint density at radius 1 is 1.29 bits per heavy atom. The largest absolute Gasteiger partial charge is 0.465 e. The Kier molecular flexibility index (Phi) is 4.13. The summed E-state index contributed by atoms with van der Waals surface area (Å²) in [6, 6.07) is 5.02. The third-order valence-electron chi connectivity index (χ3n) is 2.42. The summed E-state index contributed by atoms with van der Waals surface area (Å²) in [5.41, 5.74) is 0.565. The number of hydrogen-bond acceptors (Lipinski definition) is 6. The van der Waals surface area contributed by atoms with E-state index >= 15 is 0 Å². The molecular weight excluding hydrogens is 292 g/mol. The first-order chi connectivity index (χ1) is 9.78. The number of nitrogens with one attached hydrogen (secondary N) is 1. The zero-order chi connectivity index (χ0) is 15.6. The highest BCUT2D eigenvalue weighted by molar-refractivity contribution is 7.22. The molecule has 1 N–H and O–H groups in total. The maximum atomic E-state index is 11.7. The van der Waals surface area contributed by atoms with E-state index in [1.54, 1.807) is 39.0 Å². The van der Waals surface area contributed by atoms with Gasteiger partial charge in [-0.05, 0) is 39.0 Å². The lowest BCUT2D eigenvalue weighted by Gasteiger charge is -2.18. The zero-order valence-electron chi connectivity index (χ0n) is 12.2.